The number of furan rings is 1. The lowest BCUT2D eigenvalue weighted by molar-refractivity contribution is 0.669. The van der Waals surface area contributed by atoms with Gasteiger partial charge in [0.1, 0.15) is 11.2 Å². The van der Waals surface area contributed by atoms with Crippen LogP contribution in [0.1, 0.15) is 0 Å². The van der Waals surface area contributed by atoms with Crippen molar-refractivity contribution in [3.8, 4) is 56.4 Å². The maximum Gasteiger partial charge on any atom is 0.164 e. The Morgan fingerprint density at radius 1 is 0.322 bits per heavy atom. The van der Waals surface area contributed by atoms with Crippen LogP contribution >= 0.6 is 0 Å². The van der Waals surface area contributed by atoms with Gasteiger partial charge in [-0.1, -0.05) is 152 Å². The van der Waals surface area contributed by atoms with Crippen molar-refractivity contribution in [3.05, 3.63) is 194 Å². The Morgan fingerprint density at radius 2 is 0.966 bits per heavy atom. The van der Waals surface area contributed by atoms with Gasteiger partial charge in [-0.3, -0.25) is 4.98 Å². The highest BCUT2D eigenvalue weighted by molar-refractivity contribution is 6.22. The van der Waals surface area contributed by atoms with Crippen molar-refractivity contribution in [2.24, 2.45) is 0 Å². The van der Waals surface area contributed by atoms with Crippen molar-refractivity contribution in [2.45, 2.75) is 0 Å². The van der Waals surface area contributed by atoms with Crippen LogP contribution in [0.3, 0.4) is 0 Å². The van der Waals surface area contributed by atoms with E-state index in [1.807, 2.05) is 60.8 Å². The van der Waals surface area contributed by atoms with Gasteiger partial charge in [0.25, 0.3) is 0 Å². The summed E-state index contributed by atoms with van der Waals surface area (Å²) in [6, 6.07) is 65.6. The fourth-order valence-corrected chi connectivity index (χ4v) is 8.79. The summed E-state index contributed by atoms with van der Waals surface area (Å²) in [5.74, 6) is 1.83. The largest absolute Gasteiger partial charge is 0.456 e. The van der Waals surface area contributed by atoms with Crippen LogP contribution in [0.15, 0.2) is 199 Å². The normalized spacial score (nSPS) is 11.7. The molecular weight excluding hydrogens is 721 g/mol. The van der Waals surface area contributed by atoms with Crippen LogP contribution in [0.2, 0.25) is 0 Å². The maximum absolute atomic E-state index is 6.33. The monoisotopic (exact) mass is 752 g/mol. The molecule has 0 amide bonds. The lowest BCUT2D eigenvalue weighted by Gasteiger charge is -2.14. The Kier molecular flexibility index (Phi) is 7.47. The maximum atomic E-state index is 6.33. The van der Waals surface area contributed by atoms with Crippen molar-refractivity contribution >= 4 is 65.2 Å². The fraction of sp³-hybridized carbons (Fsp3) is 0. The molecule has 0 aliphatic carbocycles. The summed E-state index contributed by atoms with van der Waals surface area (Å²) in [5, 5.41) is 10.4. The highest BCUT2D eigenvalue weighted by Gasteiger charge is 2.19. The molecule has 0 aliphatic heterocycles. The lowest BCUT2D eigenvalue weighted by atomic mass is 9.91. The Hall–Kier alpha value is -8.02. The van der Waals surface area contributed by atoms with Crippen LogP contribution in [0.4, 0.5) is 0 Å². The zero-order valence-corrected chi connectivity index (χ0v) is 31.7. The average molecular weight is 753 g/mol. The smallest absolute Gasteiger partial charge is 0.164 e. The first-order valence-electron chi connectivity index (χ1n) is 19.8. The van der Waals surface area contributed by atoms with Gasteiger partial charge in [-0.2, -0.15) is 0 Å². The second-order valence-electron chi connectivity index (χ2n) is 15.0. The SMILES string of the molecule is c1ccc(-c2nc(-c3ccc(-c4cc5ncccc5c5ccc6ccccc6c45)cc3)nc(-c3cc(-c4cccc5oc6ccccc6c45)c4ccccc4c3)n2)cc1. The number of para-hydroxylation sites is 1. The van der Waals surface area contributed by atoms with Gasteiger partial charge < -0.3 is 4.42 Å². The average Bonchev–Trinajstić information content (AvgIpc) is 3.70. The van der Waals surface area contributed by atoms with Gasteiger partial charge in [0.05, 0.1) is 5.52 Å². The number of nitrogens with zero attached hydrogens (tertiary/aromatic N) is 4. The second kappa shape index (κ2) is 13.3. The number of rotatable bonds is 5. The van der Waals surface area contributed by atoms with E-state index in [2.05, 4.69) is 133 Å². The quantitative estimate of drug-likeness (QED) is 0.164. The van der Waals surface area contributed by atoms with Gasteiger partial charge >= 0.3 is 0 Å². The minimum absolute atomic E-state index is 0.604. The first kappa shape index (κ1) is 33.2. The van der Waals surface area contributed by atoms with Gasteiger partial charge in [-0.25, -0.2) is 15.0 Å². The molecule has 0 atom stereocenters. The molecule has 0 bridgehead atoms. The fourth-order valence-electron chi connectivity index (χ4n) is 8.79. The third kappa shape index (κ3) is 5.47. The number of hydrogen-bond acceptors (Lipinski definition) is 5. The Bertz CT molecular complexity index is 3610. The molecule has 5 nitrogen and oxygen atoms in total. The molecule has 0 saturated carbocycles. The Balaban J connectivity index is 1.04. The first-order valence-corrected chi connectivity index (χ1v) is 19.8. The summed E-state index contributed by atoms with van der Waals surface area (Å²) >= 11 is 0. The highest BCUT2D eigenvalue weighted by atomic mass is 16.3. The van der Waals surface area contributed by atoms with E-state index in [9.17, 15) is 0 Å². The third-order valence-corrected chi connectivity index (χ3v) is 11.5. The van der Waals surface area contributed by atoms with Gasteiger partial charge in [0, 0.05) is 39.0 Å². The van der Waals surface area contributed by atoms with E-state index in [-0.39, 0.29) is 0 Å². The summed E-state index contributed by atoms with van der Waals surface area (Å²) in [5.41, 5.74) is 9.85. The number of hydrogen-bond donors (Lipinski definition) is 0. The predicted molar refractivity (Wildman–Crippen MR) is 242 cm³/mol. The molecule has 12 aromatic rings. The van der Waals surface area contributed by atoms with Gasteiger partial charge in [-0.05, 0) is 91.0 Å². The molecule has 0 aliphatic rings. The summed E-state index contributed by atoms with van der Waals surface area (Å²) in [6.07, 6.45) is 1.86. The van der Waals surface area contributed by atoms with Crippen LogP contribution in [0.5, 0.6) is 0 Å². The molecule has 0 unspecified atom stereocenters. The van der Waals surface area contributed by atoms with Crippen molar-refractivity contribution in [1.29, 1.82) is 0 Å². The molecule has 0 fully saturated rings. The van der Waals surface area contributed by atoms with E-state index in [1.54, 1.807) is 0 Å². The lowest BCUT2D eigenvalue weighted by Crippen LogP contribution is -2.00. The van der Waals surface area contributed by atoms with Crippen LogP contribution in [0.25, 0.3) is 122 Å². The van der Waals surface area contributed by atoms with Crippen LogP contribution in [0, 0.1) is 0 Å². The van der Waals surface area contributed by atoms with Crippen molar-refractivity contribution in [2.75, 3.05) is 0 Å². The molecule has 0 N–H and O–H groups in total. The van der Waals surface area contributed by atoms with Crippen LogP contribution in [-0.4, -0.2) is 19.9 Å². The highest BCUT2D eigenvalue weighted by Crippen LogP contribution is 2.42. The van der Waals surface area contributed by atoms with E-state index < -0.39 is 0 Å². The van der Waals surface area contributed by atoms with Crippen molar-refractivity contribution < 1.29 is 4.42 Å². The van der Waals surface area contributed by atoms with Crippen LogP contribution in [-0.2, 0) is 0 Å². The Labute approximate surface area is 338 Å². The third-order valence-electron chi connectivity index (χ3n) is 11.5. The summed E-state index contributed by atoms with van der Waals surface area (Å²) in [4.78, 5) is 20.3. The molecule has 59 heavy (non-hydrogen) atoms. The zero-order chi connectivity index (χ0) is 38.9. The molecule has 3 heterocycles. The molecule has 0 radical (unpaired) electrons. The van der Waals surface area contributed by atoms with E-state index >= 15 is 0 Å². The molecule has 3 aromatic heterocycles. The summed E-state index contributed by atoms with van der Waals surface area (Å²) in [7, 11) is 0. The molecule has 9 aromatic carbocycles. The molecular formula is C54H32N4O. The Morgan fingerprint density at radius 3 is 1.80 bits per heavy atom. The molecule has 0 saturated heterocycles. The zero-order valence-electron chi connectivity index (χ0n) is 31.7. The number of pyridine rings is 1. The van der Waals surface area contributed by atoms with Crippen molar-refractivity contribution in [3.63, 3.8) is 0 Å². The van der Waals surface area contributed by atoms with Crippen molar-refractivity contribution in [1.82, 2.24) is 19.9 Å². The van der Waals surface area contributed by atoms with Crippen LogP contribution < -0.4 is 0 Å². The standard InChI is InChI=1S/C54H32N4O/c1-2-13-35(14-3-1)52-56-53(36-25-23-34(24-26-36)45-32-47-41(20-11-29-55-47)43-28-27-33-12-4-7-17-40(33)50(43)45)58-54(57-52)38-30-37-15-5-6-16-39(37)46(31-38)42-19-10-22-49-51(42)44-18-8-9-21-48(44)59-49/h1-32H. The summed E-state index contributed by atoms with van der Waals surface area (Å²) in [6.45, 7) is 0. The van der Waals surface area contributed by atoms with Gasteiger partial charge in [0.15, 0.2) is 17.5 Å². The van der Waals surface area contributed by atoms with E-state index in [0.29, 0.717) is 17.5 Å². The van der Waals surface area contributed by atoms with E-state index in [0.717, 1.165) is 82.6 Å². The molecule has 274 valence electrons. The number of fused-ring (bicyclic) bond motifs is 9. The predicted octanol–water partition coefficient (Wildman–Crippen LogP) is 14.1. The topological polar surface area (TPSA) is 64.7 Å². The minimum atomic E-state index is 0.604. The second-order valence-corrected chi connectivity index (χ2v) is 15.0. The van der Waals surface area contributed by atoms with E-state index in [1.165, 1.54) is 21.5 Å². The summed E-state index contributed by atoms with van der Waals surface area (Å²) < 4.78 is 6.33. The minimum Gasteiger partial charge on any atom is -0.456 e. The van der Waals surface area contributed by atoms with Gasteiger partial charge in [-0.15, -0.1) is 0 Å². The molecule has 0 spiro atoms. The molecule has 5 heteroatoms. The van der Waals surface area contributed by atoms with E-state index in [4.69, 9.17) is 24.4 Å². The molecule has 12 rings (SSSR count). The number of aromatic nitrogens is 4. The number of benzene rings is 9. The first-order chi connectivity index (χ1) is 29.2. The van der Waals surface area contributed by atoms with Gasteiger partial charge in [0.2, 0.25) is 0 Å².